The van der Waals surface area contributed by atoms with Crippen LogP contribution in [0.2, 0.25) is 0 Å². The Labute approximate surface area is 84.6 Å². The molecule has 3 nitrogen and oxygen atoms in total. The second kappa shape index (κ2) is 3.08. The third-order valence-electron chi connectivity index (χ3n) is 1.85. The molecule has 0 fully saturated rings. The lowest BCUT2D eigenvalue weighted by molar-refractivity contribution is 0.361. The van der Waals surface area contributed by atoms with Crippen LogP contribution in [0.1, 0.15) is 0 Å². The van der Waals surface area contributed by atoms with E-state index < -0.39 is 0 Å². The van der Waals surface area contributed by atoms with E-state index in [1.165, 1.54) is 0 Å². The highest BCUT2D eigenvalue weighted by atomic mass is 32.1. The molecule has 2 aromatic rings. The molecule has 0 spiro atoms. The Bertz CT molecular complexity index is 500. The van der Waals surface area contributed by atoms with E-state index in [0.717, 1.165) is 14.9 Å². The first-order valence-electron chi connectivity index (χ1n) is 3.72. The molecule has 0 amide bonds. The minimum absolute atomic E-state index is 0.556. The number of aromatic nitrogens is 2. The molecule has 0 aromatic carbocycles. The van der Waals surface area contributed by atoms with Crippen LogP contribution in [0, 0.1) is 4.64 Å². The number of ether oxygens (including phenoxy) is 1. The molecular weight excluding hydrogens is 204 g/mol. The van der Waals surface area contributed by atoms with Crippen LogP contribution in [0.15, 0.2) is 11.4 Å². The third-order valence-corrected chi connectivity index (χ3v) is 3.15. The Morgan fingerprint density at radius 1 is 1.62 bits per heavy atom. The predicted octanol–water partition coefficient (Wildman–Crippen LogP) is 2.37. The summed E-state index contributed by atoms with van der Waals surface area (Å²) in [5.74, 6) is 0. The van der Waals surface area contributed by atoms with E-state index in [9.17, 15) is 0 Å². The fraction of sp³-hybridized carbons (Fsp3) is 0.250. The van der Waals surface area contributed by atoms with E-state index in [1.807, 2.05) is 18.5 Å². The maximum Gasteiger partial charge on any atom is 0.298 e. The lowest BCUT2D eigenvalue weighted by Gasteiger charge is -2.05. The number of hydrogen-bond acceptors (Lipinski definition) is 4. The molecule has 13 heavy (non-hydrogen) atoms. The van der Waals surface area contributed by atoms with Crippen molar-refractivity contribution < 1.29 is 4.74 Å². The first kappa shape index (κ1) is 8.65. The summed E-state index contributed by atoms with van der Waals surface area (Å²) in [5.41, 5.74) is 0. The standard InChI is InChI=1S/C8H8N2OS2/c1-10-7(12)5-3-4-13-6(5)9-8(10)11-2/h3-4H,1-2H3. The minimum Gasteiger partial charge on any atom is -0.468 e. The van der Waals surface area contributed by atoms with Gasteiger partial charge in [0.15, 0.2) is 0 Å². The van der Waals surface area contributed by atoms with Gasteiger partial charge in [-0.05, 0) is 11.4 Å². The van der Waals surface area contributed by atoms with Gasteiger partial charge in [0.25, 0.3) is 6.01 Å². The van der Waals surface area contributed by atoms with Crippen LogP contribution in [0.3, 0.4) is 0 Å². The number of fused-ring (bicyclic) bond motifs is 1. The summed E-state index contributed by atoms with van der Waals surface area (Å²) < 4.78 is 7.63. The normalized spacial score (nSPS) is 10.6. The second-order valence-electron chi connectivity index (χ2n) is 2.60. The third kappa shape index (κ3) is 1.24. The van der Waals surface area contributed by atoms with Crippen molar-refractivity contribution in [3.63, 3.8) is 0 Å². The zero-order valence-electron chi connectivity index (χ0n) is 7.27. The van der Waals surface area contributed by atoms with E-state index in [-0.39, 0.29) is 0 Å². The molecule has 0 saturated heterocycles. The van der Waals surface area contributed by atoms with Gasteiger partial charge in [-0.2, -0.15) is 4.98 Å². The summed E-state index contributed by atoms with van der Waals surface area (Å²) in [7, 11) is 3.45. The molecule has 0 aliphatic heterocycles. The predicted molar refractivity (Wildman–Crippen MR) is 56.0 cm³/mol. The van der Waals surface area contributed by atoms with E-state index in [4.69, 9.17) is 17.0 Å². The number of methoxy groups -OCH3 is 1. The van der Waals surface area contributed by atoms with Gasteiger partial charge in [-0.25, -0.2) is 0 Å². The van der Waals surface area contributed by atoms with Gasteiger partial charge in [-0.15, -0.1) is 11.3 Å². The average Bonchev–Trinajstić information content (AvgIpc) is 2.59. The van der Waals surface area contributed by atoms with Gasteiger partial charge < -0.3 is 4.74 Å². The Balaban J connectivity index is 2.92. The van der Waals surface area contributed by atoms with Crippen molar-refractivity contribution in [2.24, 2.45) is 7.05 Å². The summed E-state index contributed by atoms with van der Waals surface area (Å²) in [4.78, 5) is 5.24. The Morgan fingerprint density at radius 3 is 3.08 bits per heavy atom. The smallest absolute Gasteiger partial charge is 0.298 e. The highest BCUT2D eigenvalue weighted by molar-refractivity contribution is 7.71. The molecule has 0 aliphatic carbocycles. The first-order valence-corrected chi connectivity index (χ1v) is 5.01. The van der Waals surface area contributed by atoms with Gasteiger partial charge in [0.2, 0.25) is 0 Å². The molecule has 68 valence electrons. The number of nitrogens with zero attached hydrogens (tertiary/aromatic N) is 2. The monoisotopic (exact) mass is 212 g/mol. The van der Waals surface area contributed by atoms with Crippen LogP contribution in [-0.4, -0.2) is 16.7 Å². The lowest BCUT2D eigenvalue weighted by Crippen LogP contribution is -2.01. The highest BCUT2D eigenvalue weighted by Crippen LogP contribution is 2.22. The molecule has 2 rings (SSSR count). The van der Waals surface area contributed by atoms with Crippen molar-refractivity contribution in [2.75, 3.05) is 7.11 Å². The quantitative estimate of drug-likeness (QED) is 0.679. The molecule has 2 heterocycles. The van der Waals surface area contributed by atoms with Crippen LogP contribution < -0.4 is 4.74 Å². The summed E-state index contributed by atoms with van der Waals surface area (Å²) in [5, 5.41) is 3.00. The molecule has 0 atom stereocenters. The van der Waals surface area contributed by atoms with Crippen LogP contribution in [0.25, 0.3) is 10.2 Å². The SMILES string of the molecule is COc1nc2sccc2c(=S)n1C. The summed E-state index contributed by atoms with van der Waals surface area (Å²) >= 11 is 6.82. The van der Waals surface area contributed by atoms with Gasteiger partial charge in [-0.3, -0.25) is 4.57 Å². The van der Waals surface area contributed by atoms with Crippen molar-refractivity contribution in [3.05, 3.63) is 16.1 Å². The topological polar surface area (TPSA) is 27.1 Å². The molecule has 0 N–H and O–H groups in total. The number of rotatable bonds is 1. The summed E-state index contributed by atoms with van der Waals surface area (Å²) in [6.07, 6.45) is 0. The molecule has 0 radical (unpaired) electrons. The van der Waals surface area contributed by atoms with Crippen molar-refractivity contribution in [2.45, 2.75) is 0 Å². The van der Waals surface area contributed by atoms with Crippen LogP contribution in [-0.2, 0) is 7.05 Å². The van der Waals surface area contributed by atoms with E-state index in [0.29, 0.717) is 6.01 Å². The van der Waals surface area contributed by atoms with E-state index in [2.05, 4.69) is 4.98 Å². The van der Waals surface area contributed by atoms with Gasteiger partial charge in [0.1, 0.15) is 9.47 Å². The molecule has 2 aromatic heterocycles. The van der Waals surface area contributed by atoms with E-state index in [1.54, 1.807) is 23.0 Å². The molecule has 0 bridgehead atoms. The summed E-state index contributed by atoms with van der Waals surface area (Å²) in [6, 6.07) is 2.54. The molecule has 0 unspecified atom stereocenters. The van der Waals surface area contributed by atoms with Crippen LogP contribution >= 0.6 is 23.6 Å². The first-order chi connectivity index (χ1) is 6.24. The molecule has 0 saturated carbocycles. The number of hydrogen-bond donors (Lipinski definition) is 0. The fourth-order valence-electron chi connectivity index (χ4n) is 1.16. The number of thiophene rings is 1. The Morgan fingerprint density at radius 2 is 2.38 bits per heavy atom. The zero-order valence-corrected chi connectivity index (χ0v) is 8.91. The lowest BCUT2D eigenvalue weighted by atomic mass is 10.4. The van der Waals surface area contributed by atoms with Crippen molar-refractivity contribution >= 4 is 33.8 Å². The molecular formula is C8H8N2OS2. The zero-order chi connectivity index (χ0) is 9.42. The van der Waals surface area contributed by atoms with Gasteiger partial charge in [0, 0.05) is 12.4 Å². The Hall–Kier alpha value is -0.940. The maximum absolute atomic E-state index is 5.25. The minimum atomic E-state index is 0.556. The van der Waals surface area contributed by atoms with E-state index >= 15 is 0 Å². The second-order valence-corrected chi connectivity index (χ2v) is 3.88. The maximum atomic E-state index is 5.25. The van der Waals surface area contributed by atoms with Crippen LogP contribution in [0.5, 0.6) is 6.01 Å². The van der Waals surface area contributed by atoms with Crippen molar-refractivity contribution in [1.82, 2.24) is 9.55 Å². The van der Waals surface area contributed by atoms with Gasteiger partial charge in [-0.1, -0.05) is 12.2 Å². The largest absolute Gasteiger partial charge is 0.468 e. The highest BCUT2D eigenvalue weighted by Gasteiger charge is 2.05. The van der Waals surface area contributed by atoms with Crippen molar-refractivity contribution in [1.29, 1.82) is 0 Å². The average molecular weight is 212 g/mol. The van der Waals surface area contributed by atoms with Crippen molar-refractivity contribution in [3.8, 4) is 6.01 Å². The van der Waals surface area contributed by atoms with Gasteiger partial charge >= 0.3 is 0 Å². The Kier molecular flexibility index (Phi) is 2.05. The van der Waals surface area contributed by atoms with Crippen LogP contribution in [0.4, 0.5) is 0 Å². The summed E-state index contributed by atoms with van der Waals surface area (Å²) in [6.45, 7) is 0. The molecule has 5 heteroatoms. The van der Waals surface area contributed by atoms with Gasteiger partial charge in [0.05, 0.1) is 7.11 Å². The fourth-order valence-corrected chi connectivity index (χ4v) is 2.23. The molecule has 0 aliphatic rings.